The third kappa shape index (κ3) is 3.02. The van der Waals surface area contributed by atoms with Gasteiger partial charge in [-0.15, -0.1) is 11.3 Å². The zero-order valence-corrected chi connectivity index (χ0v) is 12.8. The Morgan fingerprint density at radius 2 is 2.30 bits per heavy atom. The molecule has 1 aliphatic rings. The highest BCUT2D eigenvalue weighted by Gasteiger charge is 2.18. The predicted octanol–water partition coefficient (Wildman–Crippen LogP) is 3.11. The largest absolute Gasteiger partial charge is 0.497 e. The van der Waals surface area contributed by atoms with Crippen LogP contribution in [0.1, 0.15) is 27.4 Å². The lowest BCUT2D eigenvalue weighted by Gasteiger charge is -2.25. The summed E-state index contributed by atoms with van der Waals surface area (Å²) in [6.07, 6.45) is 5.42. The molecule has 1 atom stereocenters. The van der Waals surface area contributed by atoms with Gasteiger partial charge in [0.2, 0.25) is 0 Å². The van der Waals surface area contributed by atoms with E-state index in [0.717, 1.165) is 30.1 Å². The number of hydrogen-bond donors (Lipinski definition) is 1. The average molecular weight is 288 g/mol. The molecule has 0 spiro atoms. The number of benzene rings is 1. The number of nitrogens with zero attached hydrogens (tertiary/aromatic N) is 1. The van der Waals surface area contributed by atoms with E-state index in [1.54, 1.807) is 18.4 Å². The van der Waals surface area contributed by atoms with Crippen LogP contribution in [0.3, 0.4) is 0 Å². The van der Waals surface area contributed by atoms with Gasteiger partial charge in [0.15, 0.2) is 0 Å². The molecule has 0 bridgehead atoms. The standard InChI is InChI=1S/C16H20N2OS/c1-11-17-9-16(20-11)10-18-14-5-3-12-4-6-15(19-2)8-13(12)7-14/h4,6,8-9,14,18H,3,5,7,10H2,1-2H3/t14-/m0/s1. The summed E-state index contributed by atoms with van der Waals surface area (Å²) in [4.78, 5) is 5.62. The topological polar surface area (TPSA) is 34.1 Å². The number of aryl methyl sites for hydroxylation is 2. The van der Waals surface area contributed by atoms with Crippen molar-refractivity contribution in [1.82, 2.24) is 10.3 Å². The van der Waals surface area contributed by atoms with Crippen LogP contribution in [0.25, 0.3) is 0 Å². The fraction of sp³-hybridized carbons (Fsp3) is 0.438. The second-order valence-corrected chi connectivity index (χ2v) is 6.62. The second kappa shape index (κ2) is 5.94. The summed E-state index contributed by atoms with van der Waals surface area (Å²) in [5, 5.41) is 4.80. The van der Waals surface area contributed by atoms with E-state index in [1.165, 1.54) is 22.4 Å². The number of nitrogens with one attached hydrogen (secondary N) is 1. The van der Waals surface area contributed by atoms with Crippen molar-refractivity contribution in [3.63, 3.8) is 0 Å². The van der Waals surface area contributed by atoms with Crippen LogP contribution in [0.2, 0.25) is 0 Å². The SMILES string of the molecule is COc1ccc2c(c1)C[C@@H](NCc1cnc(C)s1)CC2. The van der Waals surface area contributed by atoms with E-state index in [-0.39, 0.29) is 0 Å². The number of aromatic nitrogens is 1. The van der Waals surface area contributed by atoms with Gasteiger partial charge in [0, 0.05) is 23.7 Å². The highest BCUT2D eigenvalue weighted by atomic mass is 32.1. The molecule has 2 aromatic rings. The molecule has 106 valence electrons. The quantitative estimate of drug-likeness (QED) is 0.938. The molecule has 3 nitrogen and oxygen atoms in total. The molecule has 1 aromatic heterocycles. The number of ether oxygens (including phenoxy) is 1. The van der Waals surface area contributed by atoms with Crippen LogP contribution in [-0.4, -0.2) is 18.1 Å². The predicted molar refractivity (Wildman–Crippen MR) is 82.5 cm³/mol. The van der Waals surface area contributed by atoms with Crippen LogP contribution in [0.15, 0.2) is 24.4 Å². The van der Waals surface area contributed by atoms with Crippen LogP contribution in [0.5, 0.6) is 5.75 Å². The maximum Gasteiger partial charge on any atom is 0.119 e. The molecular formula is C16H20N2OS. The fourth-order valence-electron chi connectivity index (χ4n) is 2.77. The first-order valence-corrected chi connectivity index (χ1v) is 7.87. The summed E-state index contributed by atoms with van der Waals surface area (Å²) in [5.41, 5.74) is 2.89. The van der Waals surface area contributed by atoms with E-state index in [9.17, 15) is 0 Å². The van der Waals surface area contributed by atoms with Gasteiger partial charge in [0.05, 0.1) is 12.1 Å². The first-order chi connectivity index (χ1) is 9.74. The summed E-state index contributed by atoms with van der Waals surface area (Å²) in [6, 6.07) is 7.00. The zero-order chi connectivity index (χ0) is 13.9. The van der Waals surface area contributed by atoms with E-state index < -0.39 is 0 Å². The van der Waals surface area contributed by atoms with Crippen molar-refractivity contribution in [2.24, 2.45) is 0 Å². The minimum atomic E-state index is 0.553. The van der Waals surface area contributed by atoms with Gasteiger partial charge in [-0.25, -0.2) is 4.98 Å². The van der Waals surface area contributed by atoms with Crippen molar-refractivity contribution >= 4 is 11.3 Å². The molecule has 20 heavy (non-hydrogen) atoms. The van der Waals surface area contributed by atoms with Crippen LogP contribution in [0, 0.1) is 6.92 Å². The molecule has 3 rings (SSSR count). The molecule has 0 amide bonds. The third-order valence-electron chi connectivity index (χ3n) is 3.88. The Morgan fingerprint density at radius 3 is 3.05 bits per heavy atom. The van der Waals surface area contributed by atoms with Crippen LogP contribution < -0.4 is 10.1 Å². The Morgan fingerprint density at radius 1 is 1.40 bits per heavy atom. The van der Waals surface area contributed by atoms with Crippen LogP contribution >= 0.6 is 11.3 Å². The van der Waals surface area contributed by atoms with Crippen molar-refractivity contribution in [2.75, 3.05) is 7.11 Å². The Kier molecular flexibility index (Phi) is 4.03. The Labute approximate surface area is 124 Å². The highest BCUT2D eigenvalue weighted by Crippen LogP contribution is 2.26. The molecule has 1 N–H and O–H groups in total. The Hall–Kier alpha value is -1.39. The van der Waals surface area contributed by atoms with Gasteiger partial charge in [-0.1, -0.05) is 6.07 Å². The Bertz CT molecular complexity index is 594. The zero-order valence-electron chi connectivity index (χ0n) is 12.0. The molecule has 0 saturated carbocycles. The van der Waals surface area contributed by atoms with E-state index >= 15 is 0 Å². The number of thiazole rings is 1. The summed E-state index contributed by atoms with van der Waals surface area (Å²) >= 11 is 1.77. The van der Waals surface area contributed by atoms with E-state index in [4.69, 9.17) is 4.74 Å². The van der Waals surface area contributed by atoms with Gasteiger partial charge in [0.1, 0.15) is 5.75 Å². The van der Waals surface area contributed by atoms with Gasteiger partial charge >= 0.3 is 0 Å². The molecular weight excluding hydrogens is 268 g/mol. The molecule has 1 heterocycles. The van der Waals surface area contributed by atoms with Gasteiger partial charge < -0.3 is 10.1 Å². The average Bonchev–Trinajstić information content (AvgIpc) is 2.90. The first-order valence-electron chi connectivity index (χ1n) is 7.05. The first kappa shape index (κ1) is 13.6. The monoisotopic (exact) mass is 288 g/mol. The summed E-state index contributed by atoms with van der Waals surface area (Å²) in [7, 11) is 1.73. The van der Waals surface area contributed by atoms with Gasteiger partial charge in [-0.3, -0.25) is 0 Å². The molecule has 1 aliphatic carbocycles. The van der Waals surface area contributed by atoms with Gasteiger partial charge in [-0.2, -0.15) is 0 Å². The lowest BCUT2D eigenvalue weighted by Crippen LogP contribution is -2.33. The maximum atomic E-state index is 5.32. The van der Waals surface area contributed by atoms with Crippen molar-refractivity contribution in [3.8, 4) is 5.75 Å². The molecule has 4 heteroatoms. The van der Waals surface area contributed by atoms with Gasteiger partial charge in [-0.05, 0) is 49.4 Å². The van der Waals surface area contributed by atoms with Crippen molar-refractivity contribution < 1.29 is 4.74 Å². The van der Waals surface area contributed by atoms with Gasteiger partial charge in [0.25, 0.3) is 0 Å². The highest BCUT2D eigenvalue weighted by molar-refractivity contribution is 7.11. The maximum absolute atomic E-state index is 5.32. The number of methoxy groups -OCH3 is 1. The normalized spacial score (nSPS) is 17.8. The molecule has 0 aliphatic heterocycles. The second-order valence-electron chi connectivity index (χ2n) is 5.30. The van der Waals surface area contributed by atoms with E-state index in [1.807, 2.05) is 6.20 Å². The lowest BCUT2D eigenvalue weighted by molar-refractivity contribution is 0.411. The van der Waals surface area contributed by atoms with Crippen molar-refractivity contribution in [2.45, 2.75) is 38.8 Å². The van der Waals surface area contributed by atoms with E-state index in [2.05, 4.69) is 35.4 Å². The third-order valence-corrected chi connectivity index (χ3v) is 4.79. The summed E-state index contributed by atoms with van der Waals surface area (Å²) in [5.74, 6) is 0.961. The van der Waals surface area contributed by atoms with Crippen LogP contribution in [-0.2, 0) is 19.4 Å². The minimum Gasteiger partial charge on any atom is -0.497 e. The van der Waals surface area contributed by atoms with E-state index in [0.29, 0.717) is 6.04 Å². The lowest BCUT2D eigenvalue weighted by atomic mass is 9.88. The summed E-state index contributed by atoms with van der Waals surface area (Å²) < 4.78 is 5.32. The fourth-order valence-corrected chi connectivity index (χ4v) is 3.51. The Balaban J connectivity index is 1.62. The number of hydrogen-bond acceptors (Lipinski definition) is 4. The summed E-state index contributed by atoms with van der Waals surface area (Å²) in [6.45, 7) is 2.98. The van der Waals surface area contributed by atoms with Crippen molar-refractivity contribution in [3.05, 3.63) is 45.4 Å². The smallest absolute Gasteiger partial charge is 0.119 e. The number of rotatable bonds is 4. The molecule has 0 fully saturated rings. The van der Waals surface area contributed by atoms with Crippen LogP contribution in [0.4, 0.5) is 0 Å². The molecule has 0 radical (unpaired) electrons. The molecule has 0 saturated heterocycles. The van der Waals surface area contributed by atoms with Crippen molar-refractivity contribution in [1.29, 1.82) is 0 Å². The molecule has 1 aromatic carbocycles. The minimum absolute atomic E-state index is 0.553. The molecule has 0 unspecified atom stereocenters. The number of fused-ring (bicyclic) bond motifs is 1.